The summed E-state index contributed by atoms with van der Waals surface area (Å²) in [6, 6.07) is 9.97. The lowest BCUT2D eigenvalue weighted by Crippen LogP contribution is -2.32. The lowest BCUT2D eigenvalue weighted by atomic mass is 9.99. The van der Waals surface area contributed by atoms with Crippen LogP contribution >= 0.6 is 0 Å². The average Bonchev–Trinajstić information content (AvgIpc) is 3.33. The van der Waals surface area contributed by atoms with E-state index in [1.165, 1.54) is 25.2 Å². The van der Waals surface area contributed by atoms with Gasteiger partial charge in [0.15, 0.2) is 5.69 Å². The number of hydrogen-bond donors (Lipinski definition) is 2. The Bertz CT molecular complexity index is 1400. The molecular formula is C27H29F4N5O3. The van der Waals surface area contributed by atoms with Gasteiger partial charge < -0.3 is 20.3 Å². The number of nitrogens with one attached hydrogen (secondary N) is 2. The predicted octanol–water partition coefficient (Wildman–Crippen LogP) is 4.98. The summed E-state index contributed by atoms with van der Waals surface area (Å²) in [6.45, 7) is 6.23. The number of alkyl carbamates (subject to hydrolysis) is 1. The largest absolute Gasteiger partial charge is 0.444 e. The summed E-state index contributed by atoms with van der Waals surface area (Å²) in [5.74, 6) is -1.45. The maximum atomic E-state index is 15.3. The Morgan fingerprint density at radius 3 is 2.59 bits per heavy atom. The van der Waals surface area contributed by atoms with E-state index in [-0.39, 0.29) is 17.9 Å². The second-order valence-corrected chi connectivity index (χ2v) is 10.2. The Balaban J connectivity index is 1.66. The predicted molar refractivity (Wildman–Crippen MR) is 136 cm³/mol. The molecule has 0 fully saturated rings. The van der Waals surface area contributed by atoms with Crippen molar-refractivity contribution in [3.8, 4) is 5.69 Å². The Morgan fingerprint density at radius 1 is 1.15 bits per heavy atom. The van der Waals surface area contributed by atoms with Crippen molar-refractivity contribution in [2.75, 3.05) is 18.5 Å². The first-order chi connectivity index (χ1) is 18.2. The van der Waals surface area contributed by atoms with Crippen LogP contribution in [-0.2, 0) is 30.4 Å². The van der Waals surface area contributed by atoms with E-state index in [0.717, 1.165) is 15.1 Å². The van der Waals surface area contributed by atoms with Gasteiger partial charge >= 0.3 is 12.3 Å². The fourth-order valence-electron chi connectivity index (χ4n) is 4.22. The van der Waals surface area contributed by atoms with Gasteiger partial charge in [-0.2, -0.15) is 18.3 Å². The third-order valence-electron chi connectivity index (χ3n) is 6.06. The Labute approximate surface area is 222 Å². The summed E-state index contributed by atoms with van der Waals surface area (Å²) in [6.07, 6.45) is -5.05. The first kappa shape index (κ1) is 28.1. The number of fused-ring (bicyclic) bond motifs is 1. The molecule has 2 heterocycles. The van der Waals surface area contributed by atoms with Crippen molar-refractivity contribution >= 4 is 17.7 Å². The van der Waals surface area contributed by atoms with E-state index >= 15 is 4.39 Å². The number of anilines is 1. The van der Waals surface area contributed by atoms with Crippen LogP contribution < -0.4 is 15.5 Å². The standard InChI is InChI=1S/C27H29F4N5O3/c1-26(2,3)39-25(38)33-14-16-6-5-7-18(12-16)36-21(13-22(34-36)27(29,30)31)24(37)35(4)20-9-8-17-15-32-11-10-19(17)23(20)28/h5-9,12-13,32H,10-11,14-15H2,1-4H3,(H,33,38). The molecule has 2 aromatic carbocycles. The van der Waals surface area contributed by atoms with Crippen molar-refractivity contribution in [2.45, 2.75) is 52.1 Å². The number of aromatic nitrogens is 2. The topological polar surface area (TPSA) is 88.5 Å². The first-order valence-corrected chi connectivity index (χ1v) is 12.3. The molecule has 0 bridgehead atoms. The average molecular weight is 548 g/mol. The molecule has 0 saturated heterocycles. The molecule has 0 aliphatic carbocycles. The smallest absolute Gasteiger partial charge is 0.435 e. The monoisotopic (exact) mass is 547 g/mol. The molecule has 0 saturated carbocycles. The summed E-state index contributed by atoms with van der Waals surface area (Å²) in [4.78, 5) is 26.5. The highest BCUT2D eigenvalue weighted by atomic mass is 19.4. The van der Waals surface area contributed by atoms with Crippen LogP contribution in [0.25, 0.3) is 5.69 Å². The Hall–Kier alpha value is -3.93. The fourth-order valence-corrected chi connectivity index (χ4v) is 4.22. The van der Waals surface area contributed by atoms with Crippen LogP contribution in [0.2, 0.25) is 0 Å². The van der Waals surface area contributed by atoms with Gasteiger partial charge in [0.05, 0.1) is 11.4 Å². The van der Waals surface area contributed by atoms with Gasteiger partial charge in [0, 0.05) is 26.2 Å². The van der Waals surface area contributed by atoms with E-state index in [1.807, 2.05) is 0 Å². The number of nitrogens with zero attached hydrogens (tertiary/aromatic N) is 3. The minimum Gasteiger partial charge on any atom is -0.444 e. The number of amides is 2. The van der Waals surface area contributed by atoms with Crippen molar-refractivity contribution < 1.29 is 31.9 Å². The molecule has 39 heavy (non-hydrogen) atoms. The van der Waals surface area contributed by atoms with E-state index < -0.39 is 41.0 Å². The Morgan fingerprint density at radius 2 is 1.90 bits per heavy atom. The minimum absolute atomic E-state index is 0.0223. The molecule has 0 radical (unpaired) electrons. The molecule has 2 N–H and O–H groups in total. The zero-order valence-electron chi connectivity index (χ0n) is 21.9. The van der Waals surface area contributed by atoms with Gasteiger partial charge in [0.25, 0.3) is 5.91 Å². The van der Waals surface area contributed by atoms with Gasteiger partial charge in [0.1, 0.15) is 17.1 Å². The molecule has 0 unspecified atom stereocenters. The molecule has 0 spiro atoms. The van der Waals surface area contributed by atoms with Gasteiger partial charge in [-0.15, -0.1) is 0 Å². The highest BCUT2D eigenvalue weighted by Gasteiger charge is 2.37. The molecule has 12 heteroatoms. The van der Waals surface area contributed by atoms with Crippen molar-refractivity contribution in [3.63, 3.8) is 0 Å². The summed E-state index contributed by atoms with van der Waals surface area (Å²) in [7, 11) is 1.31. The van der Waals surface area contributed by atoms with Gasteiger partial charge in [-0.05, 0) is 68.6 Å². The van der Waals surface area contributed by atoms with Crippen LogP contribution in [0.5, 0.6) is 0 Å². The fraction of sp³-hybridized carbons (Fsp3) is 0.370. The SMILES string of the molecule is CN(C(=O)c1cc(C(F)(F)F)nn1-c1cccc(CNC(=O)OC(C)(C)C)c1)c1ccc2c(c1F)CCNC2. The van der Waals surface area contributed by atoms with Crippen LogP contribution in [0.4, 0.5) is 28.0 Å². The lowest BCUT2D eigenvalue weighted by molar-refractivity contribution is -0.141. The molecule has 3 aromatic rings. The third kappa shape index (κ3) is 6.39. The first-order valence-electron chi connectivity index (χ1n) is 12.3. The molecule has 0 atom stereocenters. The molecule has 4 rings (SSSR count). The number of carbonyl (C=O) groups is 2. The lowest BCUT2D eigenvalue weighted by Gasteiger charge is -2.23. The van der Waals surface area contributed by atoms with Gasteiger partial charge in [-0.25, -0.2) is 13.9 Å². The van der Waals surface area contributed by atoms with Gasteiger partial charge in [-0.3, -0.25) is 4.79 Å². The van der Waals surface area contributed by atoms with Gasteiger partial charge in [-0.1, -0.05) is 18.2 Å². The van der Waals surface area contributed by atoms with Crippen molar-refractivity contribution in [1.29, 1.82) is 0 Å². The number of alkyl halides is 3. The van der Waals surface area contributed by atoms with E-state index in [0.29, 0.717) is 36.7 Å². The van der Waals surface area contributed by atoms with Crippen LogP contribution in [-0.4, -0.2) is 41.0 Å². The van der Waals surface area contributed by atoms with Crippen LogP contribution in [0.1, 0.15) is 53.6 Å². The number of rotatable bonds is 5. The second-order valence-electron chi connectivity index (χ2n) is 10.2. The molecule has 208 valence electrons. The quantitative estimate of drug-likeness (QED) is 0.440. The zero-order valence-corrected chi connectivity index (χ0v) is 21.9. The number of carbonyl (C=O) groups excluding carboxylic acids is 2. The van der Waals surface area contributed by atoms with Crippen LogP contribution in [0, 0.1) is 5.82 Å². The molecular weight excluding hydrogens is 518 g/mol. The van der Waals surface area contributed by atoms with Gasteiger partial charge in [0.2, 0.25) is 0 Å². The zero-order chi connectivity index (χ0) is 28.5. The molecule has 1 aliphatic heterocycles. The number of halogens is 4. The maximum Gasteiger partial charge on any atom is 0.435 e. The number of ether oxygens (including phenoxy) is 1. The minimum atomic E-state index is -4.82. The summed E-state index contributed by atoms with van der Waals surface area (Å²) >= 11 is 0. The highest BCUT2D eigenvalue weighted by molar-refractivity contribution is 6.05. The van der Waals surface area contributed by atoms with E-state index in [2.05, 4.69) is 15.7 Å². The van der Waals surface area contributed by atoms with E-state index in [4.69, 9.17) is 4.74 Å². The van der Waals surface area contributed by atoms with E-state index in [1.54, 1.807) is 39.0 Å². The molecule has 1 aromatic heterocycles. The summed E-state index contributed by atoms with van der Waals surface area (Å²) in [5.41, 5.74) is -0.493. The maximum absolute atomic E-state index is 15.3. The molecule has 1 aliphatic rings. The van der Waals surface area contributed by atoms with Crippen molar-refractivity contribution in [1.82, 2.24) is 20.4 Å². The van der Waals surface area contributed by atoms with Crippen molar-refractivity contribution in [3.05, 3.63) is 76.4 Å². The molecule has 2 amide bonds. The second kappa shape index (κ2) is 10.7. The number of hydrogen-bond acceptors (Lipinski definition) is 5. The molecule has 8 nitrogen and oxygen atoms in total. The summed E-state index contributed by atoms with van der Waals surface area (Å²) < 4.78 is 62.3. The normalized spacial score (nSPS) is 13.5. The van der Waals surface area contributed by atoms with Crippen molar-refractivity contribution in [2.24, 2.45) is 0 Å². The third-order valence-corrected chi connectivity index (χ3v) is 6.06. The number of benzene rings is 2. The Kier molecular flexibility index (Phi) is 7.69. The summed E-state index contributed by atoms with van der Waals surface area (Å²) in [5, 5.41) is 9.38. The van der Waals surface area contributed by atoms with Crippen LogP contribution in [0.15, 0.2) is 42.5 Å². The van der Waals surface area contributed by atoms with Crippen LogP contribution in [0.3, 0.4) is 0 Å². The van der Waals surface area contributed by atoms with E-state index in [9.17, 15) is 22.8 Å². The highest BCUT2D eigenvalue weighted by Crippen LogP contribution is 2.32.